The first-order valence-electron chi connectivity index (χ1n) is 11.4. The van der Waals surface area contributed by atoms with Crippen LogP contribution in [0.3, 0.4) is 0 Å². The van der Waals surface area contributed by atoms with Gasteiger partial charge in [0.15, 0.2) is 5.96 Å². The van der Waals surface area contributed by atoms with Crippen molar-refractivity contribution in [2.24, 2.45) is 10.9 Å². The Morgan fingerprint density at radius 2 is 2.03 bits per heavy atom. The third-order valence-electron chi connectivity index (χ3n) is 5.25. The Hall–Kier alpha value is -1.10. The van der Waals surface area contributed by atoms with E-state index in [0.29, 0.717) is 13.2 Å². The smallest absolute Gasteiger partial charge is 0.191 e. The highest BCUT2D eigenvalue weighted by atomic mass is 127. The average Bonchev–Trinajstić information content (AvgIpc) is 3.60. The van der Waals surface area contributed by atoms with E-state index in [1.807, 2.05) is 12.1 Å². The van der Waals surface area contributed by atoms with Crippen LogP contribution in [0.15, 0.2) is 29.3 Å². The van der Waals surface area contributed by atoms with Crippen molar-refractivity contribution in [1.82, 2.24) is 15.5 Å². The molecule has 2 aliphatic rings. The fraction of sp³-hybridized carbons (Fsp3) is 0.696. The molecule has 2 N–H and O–H groups in total. The van der Waals surface area contributed by atoms with Crippen molar-refractivity contribution in [3.8, 4) is 5.75 Å². The molecule has 1 saturated heterocycles. The number of guanidine groups is 1. The van der Waals surface area contributed by atoms with E-state index in [0.717, 1.165) is 88.8 Å². The van der Waals surface area contributed by atoms with Gasteiger partial charge in [-0.05, 0) is 49.8 Å². The quantitative estimate of drug-likeness (QED) is 0.172. The van der Waals surface area contributed by atoms with Crippen LogP contribution in [0, 0.1) is 5.92 Å². The molecule has 1 aromatic rings. The summed E-state index contributed by atoms with van der Waals surface area (Å²) in [6, 6.07) is 8.22. The number of nitrogens with zero attached hydrogens (tertiary/aromatic N) is 2. The number of benzene rings is 1. The Morgan fingerprint density at radius 3 is 2.81 bits per heavy atom. The van der Waals surface area contributed by atoms with Crippen molar-refractivity contribution in [2.45, 2.75) is 32.7 Å². The molecule has 176 valence electrons. The molecule has 0 radical (unpaired) electrons. The Balaban J connectivity index is 0.00000341. The average molecular weight is 546 g/mol. The van der Waals surface area contributed by atoms with E-state index in [4.69, 9.17) is 19.2 Å². The molecule has 7 nitrogen and oxygen atoms in total. The summed E-state index contributed by atoms with van der Waals surface area (Å²) in [7, 11) is 0. The summed E-state index contributed by atoms with van der Waals surface area (Å²) in [4.78, 5) is 7.09. The van der Waals surface area contributed by atoms with Gasteiger partial charge in [0.2, 0.25) is 0 Å². The highest BCUT2D eigenvalue weighted by molar-refractivity contribution is 14.0. The van der Waals surface area contributed by atoms with Crippen molar-refractivity contribution in [3.05, 3.63) is 29.8 Å². The van der Waals surface area contributed by atoms with Gasteiger partial charge in [-0.25, -0.2) is 4.99 Å². The molecule has 3 rings (SSSR count). The molecule has 0 spiro atoms. The van der Waals surface area contributed by atoms with E-state index in [1.54, 1.807) is 0 Å². The van der Waals surface area contributed by atoms with Crippen molar-refractivity contribution in [1.29, 1.82) is 0 Å². The Kier molecular flexibility index (Phi) is 13.2. The second kappa shape index (κ2) is 15.7. The zero-order chi connectivity index (χ0) is 20.9. The van der Waals surface area contributed by atoms with Gasteiger partial charge in [0.05, 0.1) is 19.8 Å². The summed E-state index contributed by atoms with van der Waals surface area (Å²) in [6.07, 6.45) is 3.68. The van der Waals surface area contributed by atoms with E-state index in [9.17, 15) is 0 Å². The van der Waals surface area contributed by atoms with Gasteiger partial charge >= 0.3 is 0 Å². The van der Waals surface area contributed by atoms with Crippen LogP contribution in [-0.4, -0.2) is 76.6 Å². The number of nitrogens with one attached hydrogen (secondary N) is 2. The number of hydrogen-bond acceptors (Lipinski definition) is 5. The number of ether oxygens (including phenoxy) is 3. The molecule has 2 fully saturated rings. The minimum atomic E-state index is 0. The van der Waals surface area contributed by atoms with Gasteiger partial charge in [0.25, 0.3) is 0 Å². The van der Waals surface area contributed by atoms with E-state index in [2.05, 4.69) is 34.6 Å². The standard InChI is InChI=1S/C23H38N4O3.HI/c1-2-24-23(25-9-4-13-29-19-20-7-8-20)26-18-21-5-3-6-22(17-21)30-16-12-27-10-14-28-15-11-27;/h3,5-6,17,20H,2,4,7-16,18-19H2,1H3,(H2,24,25,26);1H. The summed E-state index contributed by atoms with van der Waals surface area (Å²) in [5.74, 6) is 2.58. The minimum Gasteiger partial charge on any atom is -0.492 e. The lowest BCUT2D eigenvalue weighted by atomic mass is 10.2. The summed E-state index contributed by atoms with van der Waals surface area (Å²) < 4.78 is 17.0. The normalized spacial score (nSPS) is 17.1. The van der Waals surface area contributed by atoms with E-state index < -0.39 is 0 Å². The summed E-state index contributed by atoms with van der Waals surface area (Å²) in [5.41, 5.74) is 1.14. The first kappa shape index (κ1) is 26.2. The van der Waals surface area contributed by atoms with Crippen LogP contribution in [-0.2, 0) is 16.0 Å². The SMILES string of the molecule is CCNC(=NCc1cccc(OCCN2CCOCC2)c1)NCCCOCC1CC1.I. The predicted molar refractivity (Wildman–Crippen MR) is 136 cm³/mol. The number of morpholine rings is 1. The maximum Gasteiger partial charge on any atom is 0.191 e. The number of hydrogen-bond donors (Lipinski definition) is 2. The minimum absolute atomic E-state index is 0. The molecule has 1 aliphatic carbocycles. The van der Waals surface area contributed by atoms with Gasteiger partial charge in [0, 0.05) is 45.9 Å². The first-order chi connectivity index (χ1) is 14.8. The monoisotopic (exact) mass is 546 g/mol. The summed E-state index contributed by atoms with van der Waals surface area (Å²) >= 11 is 0. The molecule has 0 amide bonds. The van der Waals surface area contributed by atoms with Crippen molar-refractivity contribution in [3.63, 3.8) is 0 Å². The molecule has 31 heavy (non-hydrogen) atoms. The third kappa shape index (κ3) is 11.4. The predicted octanol–water partition coefficient (Wildman–Crippen LogP) is 2.89. The topological polar surface area (TPSA) is 67.4 Å². The van der Waals surface area contributed by atoms with Crippen LogP contribution in [0.2, 0.25) is 0 Å². The van der Waals surface area contributed by atoms with Gasteiger partial charge in [-0.15, -0.1) is 24.0 Å². The second-order valence-corrected chi connectivity index (χ2v) is 7.94. The molecule has 1 aromatic carbocycles. The van der Waals surface area contributed by atoms with Gasteiger partial charge in [-0.2, -0.15) is 0 Å². The largest absolute Gasteiger partial charge is 0.492 e. The Bertz CT molecular complexity index is 637. The molecule has 0 bridgehead atoms. The van der Waals surface area contributed by atoms with E-state index >= 15 is 0 Å². The Morgan fingerprint density at radius 1 is 1.19 bits per heavy atom. The van der Waals surface area contributed by atoms with Crippen LogP contribution in [0.5, 0.6) is 5.75 Å². The number of rotatable bonds is 13. The Labute approximate surface area is 204 Å². The first-order valence-corrected chi connectivity index (χ1v) is 11.4. The molecular formula is C23H39IN4O3. The molecular weight excluding hydrogens is 507 g/mol. The fourth-order valence-electron chi connectivity index (χ4n) is 3.28. The summed E-state index contributed by atoms with van der Waals surface area (Å²) in [5, 5.41) is 6.70. The lowest BCUT2D eigenvalue weighted by molar-refractivity contribution is 0.0322. The van der Waals surface area contributed by atoms with Crippen molar-refractivity contribution >= 4 is 29.9 Å². The molecule has 0 atom stereocenters. The molecule has 0 aromatic heterocycles. The van der Waals surface area contributed by atoms with E-state index in [-0.39, 0.29) is 24.0 Å². The molecule has 0 unspecified atom stereocenters. The highest BCUT2D eigenvalue weighted by Gasteiger charge is 2.20. The summed E-state index contributed by atoms with van der Waals surface area (Å²) in [6.45, 7) is 11.4. The maximum absolute atomic E-state index is 5.95. The number of halogens is 1. The van der Waals surface area contributed by atoms with Gasteiger partial charge in [-0.3, -0.25) is 4.90 Å². The van der Waals surface area contributed by atoms with E-state index in [1.165, 1.54) is 12.8 Å². The molecule has 1 aliphatic heterocycles. The zero-order valence-corrected chi connectivity index (χ0v) is 21.1. The van der Waals surface area contributed by atoms with Crippen LogP contribution >= 0.6 is 24.0 Å². The van der Waals surface area contributed by atoms with Crippen LogP contribution < -0.4 is 15.4 Å². The lowest BCUT2D eigenvalue weighted by Gasteiger charge is -2.26. The fourth-order valence-corrected chi connectivity index (χ4v) is 3.28. The highest BCUT2D eigenvalue weighted by Crippen LogP contribution is 2.28. The van der Waals surface area contributed by atoms with Gasteiger partial charge < -0.3 is 24.8 Å². The second-order valence-electron chi connectivity index (χ2n) is 7.94. The van der Waals surface area contributed by atoms with Crippen molar-refractivity contribution < 1.29 is 14.2 Å². The maximum atomic E-state index is 5.95. The lowest BCUT2D eigenvalue weighted by Crippen LogP contribution is -2.38. The van der Waals surface area contributed by atoms with Gasteiger partial charge in [-0.1, -0.05) is 12.1 Å². The van der Waals surface area contributed by atoms with Crippen LogP contribution in [0.4, 0.5) is 0 Å². The number of aliphatic imine (C=N–C) groups is 1. The molecule has 8 heteroatoms. The van der Waals surface area contributed by atoms with Crippen LogP contribution in [0.25, 0.3) is 0 Å². The van der Waals surface area contributed by atoms with Crippen LogP contribution in [0.1, 0.15) is 31.7 Å². The molecule has 1 saturated carbocycles. The van der Waals surface area contributed by atoms with Gasteiger partial charge in [0.1, 0.15) is 12.4 Å². The van der Waals surface area contributed by atoms with Crippen molar-refractivity contribution in [2.75, 3.05) is 65.8 Å². The zero-order valence-electron chi connectivity index (χ0n) is 18.8. The molecule has 1 heterocycles. The third-order valence-corrected chi connectivity index (χ3v) is 5.25.